The molecule has 0 N–H and O–H groups in total. The predicted octanol–water partition coefficient (Wildman–Crippen LogP) is 7.15. The second-order valence-corrected chi connectivity index (χ2v) is 9.26. The molecule has 5 nitrogen and oxygen atoms in total. The van der Waals surface area contributed by atoms with Gasteiger partial charge in [0.05, 0.1) is 5.69 Å². The number of para-hydroxylation sites is 1. The molecule has 5 aromatic rings. The van der Waals surface area contributed by atoms with E-state index in [0.717, 1.165) is 16.5 Å². The number of hydrogen-bond donors (Lipinski definition) is 0. The smallest absolute Gasteiger partial charge is 0.339 e. The van der Waals surface area contributed by atoms with Gasteiger partial charge in [-0.05, 0) is 65.4 Å². The first-order valence-electron chi connectivity index (χ1n) is 11.0. The molecule has 5 aromatic carbocycles. The van der Waals surface area contributed by atoms with Gasteiger partial charge in [-0.3, -0.25) is 4.99 Å². The topological polar surface area (TPSA) is 65.0 Å². The van der Waals surface area contributed by atoms with Gasteiger partial charge in [0.2, 0.25) is 0 Å². The second-order valence-electron chi connectivity index (χ2n) is 7.72. The third-order valence-corrected chi connectivity index (χ3v) is 6.57. The lowest BCUT2D eigenvalue weighted by molar-refractivity contribution is 0.482. The highest BCUT2D eigenvalue weighted by Crippen LogP contribution is 2.30. The van der Waals surface area contributed by atoms with Crippen LogP contribution in [0.2, 0.25) is 0 Å². The molecule has 0 radical (unpaired) electrons. The summed E-state index contributed by atoms with van der Waals surface area (Å²) in [6, 6.07) is 36.1. The number of benzene rings is 5. The van der Waals surface area contributed by atoms with Gasteiger partial charge in [-0.2, -0.15) is 8.42 Å². The molecule has 6 heteroatoms. The first-order chi connectivity index (χ1) is 17.1. The summed E-state index contributed by atoms with van der Waals surface area (Å²) in [5, 5.41) is 1.78. The Morgan fingerprint density at radius 3 is 2.00 bits per heavy atom. The van der Waals surface area contributed by atoms with Crippen LogP contribution in [0.1, 0.15) is 5.56 Å². The van der Waals surface area contributed by atoms with Crippen molar-refractivity contribution in [3.8, 4) is 17.2 Å². The molecule has 0 fully saturated rings. The first-order valence-corrected chi connectivity index (χ1v) is 12.4. The summed E-state index contributed by atoms with van der Waals surface area (Å²) in [4.78, 5) is 4.67. The fourth-order valence-electron chi connectivity index (χ4n) is 3.60. The van der Waals surface area contributed by atoms with Crippen molar-refractivity contribution in [2.24, 2.45) is 4.99 Å². The van der Waals surface area contributed by atoms with Crippen LogP contribution in [-0.2, 0) is 10.1 Å². The van der Waals surface area contributed by atoms with Gasteiger partial charge in [-0.1, -0.05) is 66.7 Å². The van der Waals surface area contributed by atoms with Gasteiger partial charge in [-0.25, -0.2) is 0 Å². The van der Waals surface area contributed by atoms with Crippen LogP contribution in [0, 0.1) is 0 Å². The van der Waals surface area contributed by atoms with Gasteiger partial charge in [0, 0.05) is 11.8 Å². The van der Waals surface area contributed by atoms with Crippen LogP contribution in [-0.4, -0.2) is 14.6 Å². The Morgan fingerprint density at radius 2 is 1.26 bits per heavy atom. The van der Waals surface area contributed by atoms with Gasteiger partial charge in [-0.15, -0.1) is 0 Å². The third-order valence-electron chi connectivity index (χ3n) is 5.32. The number of hydrogen-bond acceptors (Lipinski definition) is 5. The normalized spacial score (nSPS) is 11.5. The number of fused-ring (bicyclic) bond motifs is 1. The average molecular weight is 480 g/mol. The second kappa shape index (κ2) is 9.83. The highest BCUT2D eigenvalue weighted by molar-refractivity contribution is 7.87. The van der Waals surface area contributed by atoms with Gasteiger partial charge < -0.3 is 8.92 Å². The summed E-state index contributed by atoms with van der Waals surface area (Å²) in [6.45, 7) is 0. The van der Waals surface area contributed by atoms with Crippen molar-refractivity contribution in [2.45, 2.75) is 4.90 Å². The lowest BCUT2D eigenvalue weighted by Gasteiger charge is -2.12. The average Bonchev–Trinajstić information content (AvgIpc) is 2.90. The van der Waals surface area contributed by atoms with Crippen LogP contribution in [0.25, 0.3) is 10.8 Å². The number of nitrogens with zero attached hydrogens (tertiary/aromatic N) is 1. The van der Waals surface area contributed by atoms with Crippen LogP contribution >= 0.6 is 0 Å². The van der Waals surface area contributed by atoms with E-state index in [0.29, 0.717) is 17.0 Å². The summed E-state index contributed by atoms with van der Waals surface area (Å²) in [7, 11) is -4.00. The van der Waals surface area contributed by atoms with Gasteiger partial charge >= 0.3 is 10.1 Å². The summed E-state index contributed by atoms with van der Waals surface area (Å²) in [5.74, 6) is 1.65. The van der Waals surface area contributed by atoms with E-state index >= 15 is 0 Å². The molecule has 0 saturated carbocycles. The Balaban J connectivity index is 1.46. The van der Waals surface area contributed by atoms with Crippen molar-refractivity contribution in [1.82, 2.24) is 0 Å². The molecule has 0 aliphatic heterocycles. The molecule has 0 heterocycles. The molecular weight excluding hydrogens is 458 g/mol. The fraction of sp³-hybridized carbons (Fsp3) is 0. The van der Waals surface area contributed by atoms with E-state index in [4.69, 9.17) is 8.92 Å². The van der Waals surface area contributed by atoms with E-state index in [1.807, 2.05) is 84.9 Å². The van der Waals surface area contributed by atoms with Gasteiger partial charge in [0.15, 0.2) is 5.75 Å². The highest BCUT2D eigenvalue weighted by atomic mass is 32.2. The zero-order valence-electron chi connectivity index (χ0n) is 18.6. The molecule has 0 atom stereocenters. The van der Waals surface area contributed by atoms with Crippen molar-refractivity contribution in [3.05, 3.63) is 127 Å². The lowest BCUT2D eigenvalue weighted by Crippen LogP contribution is -2.11. The van der Waals surface area contributed by atoms with Crippen molar-refractivity contribution >= 4 is 32.8 Å². The van der Waals surface area contributed by atoms with Crippen molar-refractivity contribution < 1.29 is 17.3 Å². The molecule has 0 bridgehead atoms. The summed E-state index contributed by atoms with van der Waals surface area (Å²) in [6.07, 6.45) is 1.63. The van der Waals surface area contributed by atoms with Crippen LogP contribution < -0.4 is 8.92 Å². The van der Waals surface area contributed by atoms with Crippen molar-refractivity contribution in [3.63, 3.8) is 0 Å². The molecule has 0 aliphatic carbocycles. The molecule has 172 valence electrons. The molecular formula is C29H21NO4S. The zero-order chi connectivity index (χ0) is 24.1. The molecule has 0 aliphatic rings. The third kappa shape index (κ3) is 5.23. The number of rotatable bonds is 7. The Kier molecular flexibility index (Phi) is 6.28. The molecule has 0 unspecified atom stereocenters. The van der Waals surface area contributed by atoms with E-state index in [-0.39, 0.29) is 10.6 Å². The van der Waals surface area contributed by atoms with Crippen LogP contribution in [0.5, 0.6) is 17.2 Å². The van der Waals surface area contributed by atoms with Crippen LogP contribution in [0.4, 0.5) is 5.69 Å². The summed E-state index contributed by atoms with van der Waals surface area (Å²) >= 11 is 0. The first kappa shape index (κ1) is 22.4. The lowest BCUT2D eigenvalue weighted by atomic mass is 10.0. The largest absolute Gasteiger partial charge is 0.457 e. The van der Waals surface area contributed by atoms with E-state index in [1.54, 1.807) is 30.5 Å². The summed E-state index contributed by atoms with van der Waals surface area (Å²) < 4.78 is 37.1. The van der Waals surface area contributed by atoms with Crippen LogP contribution in [0.15, 0.2) is 131 Å². The highest BCUT2D eigenvalue weighted by Gasteiger charge is 2.19. The Bertz CT molecular complexity index is 1580. The zero-order valence-corrected chi connectivity index (χ0v) is 19.4. The maximum Gasteiger partial charge on any atom is 0.339 e. The standard InChI is InChI=1S/C29H21NO4S/c31-35(32,26-12-5-2-6-13-26)34-29-20-15-22-9-7-8-14-27(22)28(29)21-30-23-16-18-25(19-17-23)33-24-10-3-1-4-11-24/h1-21H. The van der Waals surface area contributed by atoms with E-state index in [1.165, 1.54) is 12.1 Å². The van der Waals surface area contributed by atoms with E-state index < -0.39 is 10.1 Å². The number of ether oxygens (including phenoxy) is 1. The Hall–Kier alpha value is -4.42. The molecule has 35 heavy (non-hydrogen) atoms. The minimum atomic E-state index is -4.00. The van der Waals surface area contributed by atoms with Crippen molar-refractivity contribution in [2.75, 3.05) is 0 Å². The maximum atomic E-state index is 12.9. The van der Waals surface area contributed by atoms with Crippen molar-refractivity contribution in [1.29, 1.82) is 0 Å². The molecule has 0 saturated heterocycles. The molecule has 0 aromatic heterocycles. The van der Waals surface area contributed by atoms with E-state index in [2.05, 4.69) is 4.99 Å². The molecule has 0 spiro atoms. The molecule has 5 rings (SSSR count). The van der Waals surface area contributed by atoms with Gasteiger partial charge in [0.1, 0.15) is 16.4 Å². The number of aliphatic imine (C=N–C) groups is 1. The van der Waals surface area contributed by atoms with Crippen LogP contribution in [0.3, 0.4) is 0 Å². The minimum Gasteiger partial charge on any atom is -0.457 e. The minimum absolute atomic E-state index is 0.0880. The maximum absolute atomic E-state index is 12.9. The monoisotopic (exact) mass is 479 g/mol. The Labute approximate surface area is 204 Å². The van der Waals surface area contributed by atoms with E-state index in [9.17, 15) is 8.42 Å². The SMILES string of the molecule is O=S(=O)(Oc1ccc2ccccc2c1C=Nc1ccc(Oc2ccccc2)cc1)c1ccccc1. The Morgan fingerprint density at radius 1 is 0.629 bits per heavy atom. The molecule has 0 amide bonds. The quantitative estimate of drug-likeness (QED) is 0.184. The fourth-order valence-corrected chi connectivity index (χ4v) is 4.57. The van der Waals surface area contributed by atoms with Gasteiger partial charge in [0.25, 0.3) is 0 Å². The predicted molar refractivity (Wildman–Crippen MR) is 138 cm³/mol. The summed E-state index contributed by atoms with van der Waals surface area (Å²) in [5.41, 5.74) is 1.27.